The molecule has 1 aromatic rings. The first-order valence-corrected chi connectivity index (χ1v) is 8.69. The van der Waals surface area contributed by atoms with Gasteiger partial charge in [-0.2, -0.15) is 0 Å². The first-order valence-electron chi connectivity index (χ1n) is 8.69. The summed E-state index contributed by atoms with van der Waals surface area (Å²) in [7, 11) is 0. The van der Waals surface area contributed by atoms with Gasteiger partial charge in [-0.1, -0.05) is 32.6 Å². The van der Waals surface area contributed by atoms with Crippen LogP contribution in [0.15, 0.2) is 23.0 Å². The van der Waals surface area contributed by atoms with Crippen molar-refractivity contribution in [1.29, 1.82) is 0 Å². The average Bonchev–Trinajstić information content (AvgIpc) is 2.89. The van der Waals surface area contributed by atoms with Gasteiger partial charge in [0.2, 0.25) is 0 Å². The molecular formula is C18H31NO2. The van der Waals surface area contributed by atoms with E-state index in [-0.39, 0.29) is 5.60 Å². The minimum absolute atomic E-state index is 0.00229. The molecule has 0 spiro atoms. The van der Waals surface area contributed by atoms with E-state index in [4.69, 9.17) is 9.15 Å². The lowest BCUT2D eigenvalue weighted by Gasteiger charge is -2.41. The maximum atomic E-state index is 6.37. The maximum absolute atomic E-state index is 6.37. The lowest BCUT2D eigenvalue weighted by Crippen LogP contribution is -2.54. The van der Waals surface area contributed by atoms with Gasteiger partial charge >= 0.3 is 0 Å². The molecule has 1 fully saturated rings. The first-order chi connectivity index (χ1) is 10.3. The van der Waals surface area contributed by atoms with Crippen LogP contribution in [0.25, 0.3) is 0 Å². The Labute approximate surface area is 129 Å². The van der Waals surface area contributed by atoms with Crippen LogP contribution in [0.5, 0.6) is 0 Å². The van der Waals surface area contributed by atoms with E-state index in [2.05, 4.69) is 25.2 Å². The monoisotopic (exact) mass is 293 g/mol. The molecule has 1 aromatic heterocycles. The first kappa shape index (κ1) is 16.6. The van der Waals surface area contributed by atoms with Crippen LogP contribution in [-0.4, -0.2) is 24.8 Å². The van der Waals surface area contributed by atoms with Crippen molar-refractivity contribution in [2.75, 3.05) is 13.2 Å². The van der Waals surface area contributed by atoms with E-state index in [1.54, 1.807) is 6.26 Å². The van der Waals surface area contributed by atoms with Gasteiger partial charge in [-0.3, -0.25) is 0 Å². The SMILES string of the molecule is CCCNC(Cc1ccoc1)C1(OCC)CCCCCC1. The van der Waals surface area contributed by atoms with Crippen LogP contribution in [0.4, 0.5) is 0 Å². The van der Waals surface area contributed by atoms with Gasteiger partial charge in [0.15, 0.2) is 0 Å². The highest BCUT2D eigenvalue weighted by Crippen LogP contribution is 2.35. The molecule has 1 aliphatic rings. The average molecular weight is 293 g/mol. The Kier molecular flexibility index (Phi) is 6.78. The van der Waals surface area contributed by atoms with Crippen molar-refractivity contribution in [1.82, 2.24) is 5.32 Å². The molecule has 1 N–H and O–H groups in total. The molecular weight excluding hydrogens is 262 g/mol. The van der Waals surface area contributed by atoms with Gasteiger partial charge in [0.05, 0.1) is 18.1 Å². The molecule has 21 heavy (non-hydrogen) atoms. The van der Waals surface area contributed by atoms with E-state index < -0.39 is 0 Å². The normalized spacial score (nSPS) is 20.1. The summed E-state index contributed by atoms with van der Waals surface area (Å²) in [4.78, 5) is 0. The topological polar surface area (TPSA) is 34.4 Å². The quantitative estimate of drug-likeness (QED) is 0.725. The zero-order valence-corrected chi connectivity index (χ0v) is 13.7. The van der Waals surface area contributed by atoms with Crippen LogP contribution in [0.2, 0.25) is 0 Å². The molecule has 1 heterocycles. The molecule has 120 valence electrons. The summed E-state index contributed by atoms with van der Waals surface area (Å²) in [5.74, 6) is 0. The van der Waals surface area contributed by atoms with Crippen molar-refractivity contribution >= 4 is 0 Å². The van der Waals surface area contributed by atoms with Crippen molar-refractivity contribution in [3.63, 3.8) is 0 Å². The molecule has 0 aliphatic heterocycles. The number of hydrogen-bond donors (Lipinski definition) is 1. The van der Waals surface area contributed by atoms with Crippen LogP contribution in [0.1, 0.15) is 64.4 Å². The zero-order valence-electron chi connectivity index (χ0n) is 13.7. The van der Waals surface area contributed by atoms with Gasteiger partial charge in [0.25, 0.3) is 0 Å². The fraction of sp³-hybridized carbons (Fsp3) is 0.778. The molecule has 1 unspecified atom stereocenters. The summed E-state index contributed by atoms with van der Waals surface area (Å²) in [6.07, 6.45) is 13.4. The fourth-order valence-corrected chi connectivity index (χ4v) is 3.62. The summed E-state index contributed by atoms with van der Waals surface area (Å²) in [6.45, 7) is 6.21. The molecule has 0 aromatic carbocycles. The van der Waals surface area contributed by atoms with Crippen LogP contribution < -0.4 is 5.32 Å². The van der Waals surface area contributed by atoms with Crippen LogP contribution in [0, 0.1) is 0 Å². The smallest absolute Gasteiger partial charge is 0.0935 e. The van der Waals surface area contributed by atoms with E-state index in [1.807, 2.05) is 6.26 Å². The second-order valence-electron chi connectivity index (χ2n) is 6.25. The Morgan fingerprint density at radius 2 is 2.00 bits per heavy atom. The van der Waals surface area contributed by atoms with E-state index in [9.17, 15) is 0 Å². The lowest BCUT2D eigenvalue weighted by atomic mass is 9.83. The van der Waals surface area contributed by atoms with Gasteiger partial charge in [-0.25, -0.2) is 0 Å². The van der Waals surface area contributed by atoms with Crippen molar-refractivity contribution in [3.05, 3.63) is 24.2 Å². The highest BCUT2D eigenvalue weighted by Gasteiger charge is 2.39. The third kappa shape index (κ3) is 4.58. The summed E-state index contributed by atoms with van der Waals surface area (Å²) < 4.78 is 11.6. The van der Waals surface area contributed by atoms with Gasteiger partial charge in [-0.05, 0) is 50.8 Å². The van der Waals surface area contributed by atoms with Crippen LogP contribution >= 0.6 is 0 Å². The molecule has 0 bridgehead atoms. The number of ether oxygens (including phenoxy) is 1. The van der Waals surface area contributed by atoms with Crippen molar-refractivity contribution < 1.29 is 9.15 Å². The molecule has 0 saturated heterocycles. The van der Waals surface area contributed by atoms with Gasteiger partial charge in [-0.15, -0.1) is 0 Å². The number of nitrogens with one attached hydrogen (secondary N) is 1. The second kappa shape index (κ2) is 8.60. The standard InChI is InChI=1S/C18H31NO2/c1-3-12-19-17(14-16-9-13-20-15-16)18(21-4-2)10-7-5-6-8-11-18/h9,13,15,17,19H,3-8,10-12,14H2,1-2H3. The molecule has 3 heteroatoms. The van der Waals surface area contributed by atoms with E-state index in [0.717, 1.165) is 26.0 Å². The van der Waals surface area contributed by atoms with Crippen LogP contribution in [0.3, 0.4) is 0 Å². The van der Waals surface area contributed by atoms with E-state index in [0.29, 0.717) is 6.04 Å². The van der Waals surface area contributed by atoms with Crippen molar-refractivity contribution in [2.45, 2.75) is 76.9 Å². The molecule has 1 saturated carbocycles. The molecule has 0 amide bonds. The lowest BCUT2D eigenvalue weighted by molar-refractivity contribution is -0.0767. The zero-order chi connectivity index (χ0) is 15.0. The highest BCUT2D eigenvalue weighted by atomic mass is 16.5. The molecule has 1 aliphatic carbocycles. The minimum atomic E-state index is -0.00229. The summed E-state index contributed by atoms with van der Waals surface area (Å²) >= 11 is 0. The Balaban J connectivity index is 2.15. The van der Waals surface area contributed by atoms with Gasteiger partial charge < -0.3 is 14.5 Å². The Bertz CT molecular complexity index is 367. The number of rotatable bonds is 8. The Morgan fingerprint density at radius 1 is 1.24 bits per heavy atom. The Morgan fingerprint density at radius 3 is 2.57 bits per heavy atom. The third-order valence-electron chi connectivity index (χ3n) is 4.68. The number of furan rings is 1. The summed E-state index contributed by atoms with van der Waals surface area (Å²) in [5, 5.41) is 3.76. The predicted molar refractivity (Wildman–Crippen MR) is 86.6 cm³/mol. The molecule has 2 rings (SSSR count). The maximum Gasteiger partial charge on any atom is 0.0935 e. The minimum Gasteiger partial charge on any atom is -0.472 e. The predicted octanol–water partition coefficient (Wildman–Crippen LogP) is 4.32. The fourth-order valence-electron chi connectivity index (χ4n) is 3.62. The van der Waals surface area contributed by atoms with Crippen molar-refractivity contribution in [2.24, 2.45) is 0 Å². The van der Waals surface area contributed by atoms with Crippen molar-refractivity contribution in [3.8, 4) is 0 Å². The highest BCUT2D eigenvalue weighted by molar-refractivity contribution is 5.11. The third-order valence-corrected chi connectivity index (χ3v) is 4.68. The van der Waals surface area contributed by atoms with E-state index >= 15 is 0 Å². The molecule has 0 radical (unpaired) electrons. The van der Waals surface area contributed by atoms with Crippen LogP contribution in [-0.2, 0) is 11.2 Å². The second-order valence-corrected chi connectivity index (χ2v) is 6.25. The largest absolute Gasteiger partial charge is 0.472 e. The van der Waals surface area contributed by atoms with E-state index in [1.165, 1.54) is 44.1 Å². The Hall–Kier alpha value is -0.800. The molecule has 1 atom stereocenters. The summed E-state index contributed by atoms with van der Waals surface area (Å²) in [6, 6.07) is 2.46. The number of hydrogen-bond acceptors (Lipinski definition) is 3. The van der Waals surface area contributed by atoms with Gasteiger partial charge in [0, 0.05) is 12.6 Å². The molecule has 3 nitrogen and oxygen atoms in total. The summed E-state index contributed by atoms with van der Waals surface area (Å²) in [5.41, 5.74) is 1.27. The van der Waals surface area contributed by atoms with Gasteiger partial charge in [0.1, 0.15) is 0 Å².